The lowest BCUT2D eigenvalue weighted by atomic mass is 9.93. The summed E-state index contributed by atoms with van der Waals surface area (Å²) >= 11 is 1.80. The maximum Gasteiger partial charge on any atom is 0.162 e. The van der Waals surface area contributed by atoms with E-state index in [0.29, 0.717) is 6.04 Å². The molecule has 1 aliphatic carbocycles. The van der Waals surface area contributed by atoms with Crippen molar-refractivity contribution in [1.29, 1.82) is 0 Å². The molecule has 2 nitrogen and oxygen atoms in total. The fourth-order valence-corrected chi connectivity index (χ4v) is 7.09. The number of rotatable bonds is 4. The maximum atomic E-state index is 4.75. The van der Waals surface area contributed by atoms with E-state index < -0.39 is 0 Å². The minimum atomic E-state index is 0.191. The van der Waals surface area contributed by atoms with Crippen molar-refractivity contribution in [2.24, 2.45) is 0 Å². The number of hydrogen-bond donors (Lipinski definition) is 0. The molecule has 1 fully saturated rings. The third-order valence-electron chi connectivity index (χ3n) is 4.03. The number of aromatic nitrogens is 1. The standard InChI is InChI=1S/C17H24N2S3/c1-17(2,3)19(13-9-5-4-6-10-13)22-21-16-18-14-11-7-8-12-15(14)20-16/h7-8,11-13H,4-6,9-10H2,1-3H3. The van der Waals surface area contributed by atoms with Crippen molar-refractivity contribution < 1.29 is 0 Å². The van der Waals surface area contributed by atoms with Crippen LogP contribution in [0.25, 0.3) is 10.2 Å². The van der Waals surface area contributed by atoms with Crippen LogP contribution in [0.1, 0.15) is 52.9 Å². The first kappa shape index (κ1) is 16.6. The van der Waals surface area contributed by atoms with Crippen molar-refractivity contribution in [3.63, 3.8) is 0 Å². The summed E-state index contributed by atoms with van der Waals surface area (Å²) in [5, 5.41) is 0. The Morgan fingerprint density at radius 3 is 2.55 bits per heavy atom. The maximum absolute atomic E-state index is 4.75. The first-order chi connectivity index (χ1) is 10.5. The molecule has 1 heterocycles. The van der Waals surface area contributed by atoms with Gasteiger partial charge in [0, 0.05) is 11.6 Å². The van der Waals surface area contributed by atoms with Gasteiger partial charge in [-0.1, -0.05) is 31.4 Å². The number of benzene rings is 1. The van der Waals surface area contributed by atoms with Gasteiger partial charge >= 0.3 is 0 Å². The largest absolute Gasteiger partial charge is 0.233 e. The van der Waals surface area contributed by atoms with Crippen LogP contribution in [0.2, 0.25) is 0 Å². The summed E-state index contributed by atoms with van der Waals surface area (Å²) in [5.74, 6) is 0. The number of thiazole rings is 1. The topological polar surface area (TPSA) is 16.1 Å². The van der Waals surface area contributed by atoms with Crippen molar-refractivity contribution in [2.75, 3.05) is 0 Å². The molecule has 120 valence electrons. The molecule has 1 aliphatic rings. The molecule has 0 N–H and O–H groups in total. The quantitative estimate of drug-likeness (QED) is 0.468. The van der Waals surface area contributed by atoms with Gasteiger partial charge in [0.1, 0.15) is 0 Å². The number of hydrogen-bond acceptors (Lipinski definition) is 5. The fourth-order valence-electron chi connectivity index (χ4n) is 2.99. The molecule has 22 heavy (non-hydrogen) atoms. The van der Waals surface area contributed by atoms with Crippen molar-refractivity contribution >= 4 is 43.3 Å². The van der Waals surface area contributed by atoms with Gasteiger partial charge < -0.3 is 0 Å². The molecular formula is C17H24N2S3. The highest BCUT2D eigenvalue weighted by atomic mass is 33.1. The summed E-state index contributed by atoms with van der Waals surface area (Å²) < 4.78 is 5.06. The van der Waals surface area contributed by atoms with E-state index in [4.69, 9.17) is 4.98 Å². The van der Waals surface area contributed by atoms with Crippen molar-refractivity contribution in [3.8, 4) is 0 Å². The highest BCUT2D eigenvalue weighted by Crippen LogP contribution is 2.44. The van der Waals surface area contributed by atoms with Crippen molar-refractivity contribution in [3.05, 3.63) is 24.3 Å². The predicted octanol–water partition coefficient (Wildman–Crippen LogP) is 6.38. The Bertz CT molecular complexity index is 579. The zero-order valence-corrected chi connectivity index (χ0v) is 16.0. The Labute approximate surface area is 145 Å². The van der Waals surface area contributed by atoms with Gasteiger partial charge in [-0.15, -0.1) is 11.3 Å². The second-order valence-electron chi connectivity index (χ2n) is 6.89. The average Bonchev–Trinajstić information content (AvgIpc) is 2.90. The molecule has 0 amide bonds. The smallest absolute Gasteiger partial charge is 0.162 e. The lowest BCUT2D eigenvalue weighted by Gasteiger charge is -2.41. The van der Waals surface area contributed by atoms with Gasteiger partial charge in [0.25, 0.3) is 0 Å². The van der Waals surface area contributed by atoms with Crippen LogP contribution >= 0.6 is 33.1 Å². The van der Waals surface area contributed by atoms with Crippen molar-refractivity contribution in [1.82, 2.24) is 9.29 Å². The molecule has 0 aliphatic heterocycles. The first-order valence-corrected chi connectivity index (χ1v) is 11.0. The summed E-state index contributed by atoms with van der Waals surface area (Å²) in [6.45, 7) is 6.98. The van der Waals surface area contributed by atoms with Gasteiger partial charge in [-0.25, -0.2) is 9.29 Å². The summed E-state index contributed by atoms with van der Waals surface area (Å²) in [6, 6.07) is 9.12. The third kappa shape index (κ3) is 3.99. The normalized spacial score (nSPS) is 17.5. The molecule has 1 saturated carbocycles. The highest BCUT2D eigenvalue weighted by Gasteiger charge is 2.31. The first-order valence-electron chi connectivity index (χ1n) is 8.03. The summed E-state index contributed by atoms with van der Waals surface area (Å²) in [6.07, 6.45) is 6.84. The van der Waals surface area contributed by atoms with Crippen LogP contribution in [-0.4, -0.2) is 20.9 Å². The second-order valence-corrected chi connectivity index (χ2v) is 10.2. The molecule has 0 unspecified atom stereocenters. The zero-order chi connectivity index (χ0) is 15.6. The average molecular weight is 353 g/mol. The monoisotopic (exact) mass is 352 g/mol. The van der Waals surface area contributed by atoms with E-state index in [1.165, 1.54) is 36.8 Å². The minimum Gasteiger partial charge on any atom is -0.233 e. The van der Waals surface area contributed by atoms with Gasteiger partial charge in [-0.3, -0.25) is 0 Å². The molecule has 0 saturated heterocycles. The van der Waals surface area contributed by atoms with Crippen molar-refractivity contribution in [2.45, 2.75) is 68.8 Å². The van der Waals surface area contributed by atoms with E-state index in [9.17, 15) is 0 Å². The molecule has 2 aromatic rings. The molecule has 1 aromatic heterocycles. The third-order valence-corrected chi connectivity index (χ3v) is 8.17. The molecule has 3 rings (SSSR count). The molecular weight excluding hydrogens is 328 g/mol. The summed E-state index contributed by atoms with van der Waals surface area (Å²) in [5.41, 5.74) is 1.31. The van der Waals surface area contributed by atoms with Gasteiger partial charge in [0.15, 0.2) is 4.34 Å². The van der Waals surface area contributed by atoms with E-state index >= 15 is 0 Å². The van der Waals surface area contributed by atoms with Gasteiger partial charge in [0.2, 0.25) is 0 Å². The van der Waals surface area contributed by atoms with E-state index in [2.05, 4.69) is 49.3 Å². The summed E-state index contributed by atoms with van der Waals surface area (Å²) in [7, 11) is 3.73. The van der Waals surface area contributed by atoms with Crippen LogP contribution in [0, 0.1) is 0 Å². The van der Waals surface area contributed by atoms with Crippen LogP contribution in [0.15, 0.2) is 28.6 Å². The van der Waals surface area contributed by atoms with Crippen LogP contribution in [0.5, 0.6) is 0 Å². The van der Waals surface area contributed by atoms with Gasteiger partial charge in [-0.05, 0) is 67.5 Å². The molecule has 0 bridgehead atoms. The Hall–Kier alpha value is -0.230. The van der Waals surface area contributed by atoms with E-state index in [0.717, 1.165) is 9.86 Å². The highest BCUT2D eigenvalue weighted by molar-refractivity contribution is 8.76. The minimum absolute atomic E-state index is 0.191. The molecule has 1 aromatic carbocycles. The Morgan fingerprint density at radius 2 is 1.86 bits per heavy atom. The Morgan fingerprint density at radius 1 is 1.14 bits per heavy atom. The lowest BCUT2D eigenvalue weighted by Crippen LogP contribution is -2.43. The number of fused-ring (bicyclic) bond motifs is 1. The van der Waals surface area contributed by atoms with E-state index in [1.807, 2.05) is 21.8 Å². The van der Waals surface area contributed by atoms with Crippen LogP contribution < -0.4 is 0 Å². The lowest BCUT2D eigenvalue weighted by molar-refractivity contribution is 0.174. The number of nitrogens with zero attached hydrogens (tertiary/aromatic N) is 2. The van der Waals surface area contributed by atoms with E-state index in [-0.39, 0.29) is 5.54 Å². The van der Waals surface area contributed by atoms with E-state index in [1.54, 1.807) is 11.3 Å². The second kappa shape index (κ2) is 7.12. The molecule has 5 heteroatoms. The molecule has 0 spiro atoms. The fraction of sp³-hybridized carbons (Fsp3) is 0.588. The SMILES string of the molecule is CC(C)(C)N(SSc1nc2ccccc2s1)C1CCCCC1. The van der Waals surface area contributed by atoms with Crippen LogP contribution in [-0.2, 0) is 0 Å². The molecule has 0 atom stereocenters. The van der Waals surface area contributed by atoms with Crippen LogP contribution in [0.4, 0.5) is 0 Å². The van der Waals surface area contributed by atoms with Gasteiger partial charge in [-0.2, -0.15) is 0 Å². The predicted molar refractivity (Wildman–Crippen MR) is 102 cm³/mol. The molecule has 0 radical (unpaired) electrons. The summed E-state index contributed by atoms with van der Waals surface area (Å²) in [4.78, 5) is 4.75. The van der Waals surface area contributed by atoms with Crippen LogP contribution in [0.3, 0.4) is 0 Å². The zero-order valence-electron chi connectivity index (χ0n) is 13.5. The Kier molecular flexibility index (Phi) is 5.38. The van der Waals surface area contributed by atoms with Gasteiger partial charge in [0.05, 0.1) is 10.2 Å². The number of para-hydroxylation sites is 1. The Balaban J connectivity index is 1.70.